The Bertz CT molecular complexity index is 1280. The number of nitrogens with zero attached hydrogens (tertiary/aromatic N) is 1. The van der Waals surface area contributed by atoms with Crippen LogP contribution in [-0.4, -0.2) is 50.1 Å². The fourth-order valence-electron chi connectivity index (χ4n) is 3.69. The number of carbonyl (C=O) groups excluding carboxylic acids is 1. The SMILES string of the molecule is COc1cc(C2=NC(=O)c3c(-c4cc(Cl)c(OC)c(OC)c4)[nH]c(O)c32)cc(Cl)c1OC. The molecule has 8 nitrogen and oxygen atoms in total. The number of aromatic amines is 1. The molecular weight excluding hydrogens is 459 g/mol. The molecule has 2 heterocycles. The van der Waals surface area contributed by atoms with E-state index in [9.17, 15) is 9.90 Å². The Morgan fingerprint density at radius 3 is 1.88 bits per heavy atom. The summed E-state index contributed by atoms with van der Waals surface area (Å²) in [6.07, 6.45) is 0. The van der Waals surface area contributed by atoms with Crippen LogP contribution in [0.2, 0.25) is 10.0 Å². The summed E-state index contributed by atoms with van der Waals surface area (Å²) in [5.74, 6) is 0.682. The first-order valence-electron chi connectivity index (χ1n) is 9.26. The Balaban J connectivity index is 1.88. The van der Waals surface area contributed by atoms with Crippen LogP contribution in [0.25, 0.3) is 11.3 Å². The number of H-pyrrole nitrogens is 1. The van der Waals surface area contributed by atoms with Crippen molar-refractivity contribution in [2.75, 3.05) is 28.4 Å². The Morgan fingerprint density at radius 2 is 1.34 bits per heavy atom. The molecule has 0 saturated carbocycles. The number of benzene rings is 2. The first-order chi connectivity index (χ1) is 15.3. The third-order valence-corrected chi connectivity index (χ3v) is 5.63. The molecule has 0 aliphatic carbocycles. The topological polar surface area (TPSA) is 102 Å². The van der Waals surface area contributed by atoms with Gasteiger partial charge in [0.05, 0.1) is 61.0 Å². The van der Waals surface area contributed by atoms with E-state index in [0.717, 1.165) is 0 Å². The van der Waals surface area contributed by atoms with Crippen molar-refractivity contribution in [2.24, 2.45) is 4.99 Å². The number of aliphatic imine (C=N–C) groups is 1. The van der Waals surface area contributed by atoms with Crippen LogP contribution in [0.1, 0.15) is 21.5 Å². The second-order valence-corrected chi connectivity index (χ2v) is 7.57. The summed E-state index contributed by atoms with van der Waals surface area (Å²) in [5, 5.41) is 11.2. The van der Waals surface area contributed by atoms with Gasteiger partial charge in [-0.05, 0) is 24.3 Å². The van der Waals surface area contributed by atoms with Gasteiger partial charge in [0.1, 0.15) is 0 Å². The molecule has 10 heteroatoms. The fraction of sp³-hybridized carbons (Fsp3) is 0.182. The van der Waals surface area contributed by atoms with Crippen molar-refractivity contribution in [3.63, 3.8) is 0 Å². The smallest absolute Gasteiger partial charge is 0.280 e. The van der Waals surface area contributed by atoms with Crippen LogP contribution in [0.5, 0.6) is 28.9 Å². The zero-order valence-corrected chi connectivity index (χ0v) is 19.0. The van der Waals surface area contributed by atoms with Crippen LogP contribution in [-0.2, 0) is 0 Å². The maximum absolute atomic E-state index is 12.9. The number of nitrogens with one attached hydrogen (secondary N) is 1. The first-order valence-corrected chi connectivity index (χ1v) is 10.0. The molecule has 0 radical (unpaired) electrons. The number of halogens is 2. The number of amides is 1. The Labute approximate surface area is 193 Å². The van der Waals surface area contributed by atoms with E-state index in [1.165, 1.54) is 28.4 Å². The summed E-state index contributed by atoms with van der Waals surface area (Å²) < 4.78 is 21.2. The molecule has 4 rings (SSSR count). The molecule has 0 bridgehead atoms. The van der Waals surface area contributed by atoms with Crippen molar-refractivity contribution in [3.8, 4) is 40.1 Å². The fourth-order valence-corrected chi connectivity index (χ4v) is 4.26. The van der Waals surface area contributed by atoms with Gasteiger partial charge in [-0.3, -0.25) is 4.79 Å². The number of carbonyl (C=O) groups is 1. The first kappa shape index (κ1) is 21.9. The zero-order valence-electron chi connectivity index (χ0n) is 17.5. The van der Waals surface area contributed by atoms with Crippen molar-refractivity contribution in [1.29, 1.82) is 0 Å². The molecule has 166 valence electrons. The van der Waals surface area contributed by atoms with Crippen LogP contribution in [0.3, 0.4) is 0 Å². The van der Waals surface area contributed by atoms with Gasteiger partial charge >= 0.3 is 0 Å². The van der Waals surface area contributed by atoms with E-state index in [1.807, 2.05) is 0 Å². The minimum absolute atomic E-state index is 0.201. The second-order valence-electron chi connectivity index (χ2n) is 6.75. The van der Waals surface area contributed by atoms with E-state index in [-0.39, 0.29) is 32.8 Å². The minimum atomic E-state index is -0.529. The van der Waals surface area contributed by atoms with Gasteiger partial charge in [-0.25, -0.2) is 4.99 Å². The summed E-state index contributed by atoms with van der Waals surface area (Å²) >= 11 is 12.6. The van der Waals surface area contributed by atoms with Crippen LogP contribution >= 0.6 is 23.2 Å². The number of rotatable bonds is 6. The molecule has 0 unspecified atom stereocenters. The van der Waals surface area contributed by atoms with E-state index in [2.05, 4.69) is 9.98 Å². The van der Waals surface area contributed by atoms with Crippen LogP contribution in [0, 0.1) is 0 Å². The highest BCUT2D eigenvalue weighted by Gasteiger charge is 2.34. The van der Waals surface area contributed by atoms with Gasteiger partial charge in [0.25, 0.3) is 5.91 Å². The highest BCUT2D eigenvalue weighted by atomic mass is 35.5. The maximum Gasteiger partial charge on any atom is 0.280 e. The average Bonchev–Trinajstić information content (AvgIpc) is 3.30. The number of hydrogen-bond acceptors (Lipinski definition) is 6. The molecule has 0 atom stereocenters. The van der Waals surface area contributed by atoms with Crippen LogP contribution in [0.15, 0.2) is 29.3 Å². The van der Waals surface area contributed by atoms with Gasteiger partial charge in [0, 0.05) is 11.1 Å². The van der Waals surface area contributed by atoms with Crippen molar-refractivity contribution in [3.05, 3.63) is 51.0 Å². The Morgan fingerprint density at radius 1 is 0.812 bits per heavy atom. The number of aromatic hydroxyl groups is 1. The lowest BCUT2D eigenvalue weighted by atomic mass is 9.99. The molecule has 0 saturated heterocycles. The van der Waals surface area contributed by atoms with Crippen molar-refractivity contribution < 1.29 is 28.8 Å². The van der Waals surface area contributed by atoms with Gasteiger partial charge in [0.2, 0.25) is 0 Å². The average molecular weight is 477 g/mol. The highest BCUT2D eigenvalue weighted by molar-refractivity contribution is 6.35. The molecule has 3 aromatic rings. The third-order valence-electron chi connectivity index (χ3n) is 5.07. The normalized spacial score (nSPS) is 12.4. The van der Waals surface area contributed by atoms with Gasteiger partial charge in [-0.1, -0.05) is 23.2 Å². The van der Waals surface area contributed by atoms with E-state index in [4.69, 9.17) is 42.1 Å². The molecule has 1 aliphatic heterocycles. The molecule has 1 aromatic heterocycles. The van der Waals surface area contributed by atoms with E-state index >= 15 is 0 Å². The maximum atomic E-state index is 12.9. The molecular formula is C22H18Cl2N2O6. The van der Waals surface area contributed by atoms with Crippen LogP contribution in [0.4, 0.5) is 0 Å². The predicted octanol–water partition coefficient (Wildman–Crippen LogP) is 4.72. The Kier molecular flexibility index (Phi) is 5.66. The van der Waals surface area contributed by atoms with E-state index < -0.39 is 5.91 Å². The number of fused-ring (bicyclic) bond motifs is 1. The largest absolute Gasteiger partial charge is 0.494 e. The van der Waals surface area contributed by atoms with E-state index in [1.54, 1.807) is 24.3 Å². The van der Waals surface area contributed by atoms with Gasteiger partial charge in [-0.15, -0.1) is 0 Å². The summed E-state index contributed by atoms with van der Waals surface area (Å²) in [6.45, 7) is 0. The molecule has 2 N–H and O–H groups in total. The lowest BCUT2D eigenvalue weighted by Crippen LogP contribution is -2.02. The van der Waals surface area contributed by atoms with Gasteiger partial charge in [-0.2, -0.15) is 0 Å². The van der Waals surface area contributed by atoms with Gasteiger partial charge < -0.3 is 29.0 Å². The second kappa shape index (κ2) is 8.29. The van der Waals surface area contributed by atoms with E-state index in [0.29, 0.717) is 39.8 Å². The molecule has 1 aliphatic rings. The summed E-state index contributed by atoms with van der Waals surface area (Å²) in [6, 6.07) is 6.47. The van der Waals surface area contributed by atoms with Crippen molar-refractivity contribution in [1.82, 2.24) is 4.98 Å². The lowest BCUT2D eigenvalue weighted by Gasteiger charge is -2.11. The molecule has 32 heavy (non-hydrogen) atoms. The number of methoxy groups -OCH3 is 4. The number of hydrogen-bond donors (Lipinski definition) is 2. The van der Waals surface area contributed by atoms with Crippen molar-refractivity contribution in [2.45, 2.75) is 0 Å². The highest BCUT2D eigenvalue weighted by Crippen LogP contribution is 2.44. The summed E-state index contributed by atoms with van der Waals surface area (Å²) in [5.41, 5.74) is 2.03. The number of ether oxygens (including phenoxy) is 4. The third kappa shape index (κ3) is 3.32. The minimum Gasteiger partial charge on any atom is -0.494 e. The lowest BCUT2D eigenvalue weighted by molar-refractivity contribution is 0.101. The molecule has 2 aromatic carbocycles. The summed E-state index contributed by atoms with van der Waals surface area (Å²) in [4.78, 5) is 19.9. The molecule has 1 amide bonds. The standard InChI is InChI=1S/C22H18Cl2N2O6/c1-29-13-7-9(5-11(23)19(13)31-3)17-15-16(22(28)25-17)18(26-21(15)27)10-6-12(24)20(32-4)14(8-10)30-2/h5-8,25,28H,1-4H3. The van der Waals surface area contributed by atoms with Crippen LogP contribution < -0.4 is 18.9 Å². The Hall–Kier alpha value is -3.36. The summed E-state index contributed by atoms with van der Waals surface area (Å²) in [7, 11) is 5.88. The molecule has 0 spiro atoms. The van der Waals surface area contributed by atoms with Gasteiger partial charge in [0.15, 0.2) is 28.9 Å². The predicted molar refractivity (Wildman–Crippen MR) is 121 cm³/mol. The monoisotopic (exact) mass is 476 g/mol. The zero-order chi connectivity index (χ0) is 23.2. The number of aromatic nitrogens is 1. The van der Waals surface area contributed by atoms with Crippen molar-refractivity contribution >= 4 is 34.8 Å². The molecule has 0 fully saturated rings. The quantitative estimate of drug-likeness (QED) is 0.533.